The van der Waals surface area contributed by atoms with Gasteiger partial charge in [0.15, 0.2) is 0 Å². The zero-order valence-electron chi connectivity index (χ0n) is 10.3. The van der Waals surface area contributed by atoms with Gasteiger partial charge in [0.25, 0.3) is 5.91 Å². The van der Waals surface area contributed by atoms with Crippen molar-refractivity contribution < 1.29 is 9.90 Å². The van der Waals surface area contributed by atoms with E-state index in [0.29, 0.717) is 18.2 Å². The van der Waals surface area contributed by atoms with Gasteiger partial charge in [0.05, 0.1) is 0 Å². The molecule has 2 N–H and O–H groups in total. The van der Waals surface area contributed by atoms with Crippen molar-refractivity contribution in [2.45, 2.75) is 19.3 Å². The molecular formula is C13H18N2O3. The van der Waals surface area contributed by atoms with Crippen LogP contribution in [0.2, 0.25) is 0 Å². The average Bonchev–Trinajstić information content (AvgIpc) is 2.39. The Hall–Kier alpha value is -1.62. The summed E-state index contributed by atoms with van der Waals surface area (Å²) in [5.74, 6) is 0.235. The van der Waals surface area contributed by atoms with E-state index in [2.05, 4.69) is 4.98 Å². The summed E-state index contributed by atoms with van der Waals surface area (Å²) in [6.45, 7) is 1.54. The smallest absolute Gasteiger partial charge is 0.270 e. The number of hydrogen-bond donors (Lipinski definition) is 2. The van der Waals surface area contributed by atoms with Gasteiger partial charge in [0.1, 0.15) is 5.69 Å². The molecule has 0 aromatic carbocycles. The van der Waals surface area contributed by atoms with E-state index in [1.165, 1.54) is 6.07 Å². The SMILES string of the molecule is O=C(c1cccc(=O)[nH]1)N1CCCC(CCO)C1. The standard InChI is InChI=1S/C13H18N2O3/c16-8-6-10-3-2-7-15(9-10)13(18)11-4-1-5-12(17)14-11/h1,4-5,10,16H,2-3,6-9H2,(H,14,17). The Balaban J connectivity index is 2.06. The molecule has 1 saturated heterocycles. The van der Waals surface area contributed by atoms with Gasteiger partial charge in [-0.1, -0.05) is 6.07 Å². The fourth-order valence-corrected chi connectivity index (χ4v) is 2.41. The highest BCUT2D eigenvalue weighted by Gasteiger charge is 2.24. The minimum absolute atomic E-state index is 0.129. The van der Waals surface area contributed by atoms with Crippen molar-refractivity contribution in [3.8, 4) is 0 Å². The number of carbonyl (C=O) groups is 1. The third kappa shape index (κ3) is 2.98. The zero-order chi connectivity index (χ0) is 13.0. The maximum absolute atomic E-state index is 12.2. The molecule has 2 heterocycles. The lowest BCUT2D eigenvalue weighted by atomic mass is 9.95. The number of aromatic amines is 1. The second-order valence-corrected chi connectivity index (χ2v) is 4.70. The van der Waals surface area contributed by atoms with E-state index in [1.807, 2.05) is 0 Å². The van der Waals surface area contributed by atoms with Crippen LogP contribution < -0.4 is 5.56 Å². The Bertz CT molecular complexity index is 467. The molecule has 1 unspecified atom stereocenters. The number of hydrogen-bond acceptors (Lipinski definition) is 3. The number of aromatic nitrogens is 1. The van der Waals surface area contributed by atoms with Crippen LogP contribution in [-0.2, 0) is 0 Å². The number of likely N-dealkylation sites (tertiary alicyclic amines) is 1. The first-order valence-electron chi connectivity index (χ1n) is 6.30. The number of rotatable bonds is 3. The first-order chi connectivity index (χ1) is 8.70. The lowest BCUT2D eigenvalue weighted by Gasteiger charge is -2.32. The number of piperidine rings is 1. The molecule has 0 aliphatic carbocycles. The van der Waals surface area contributed by atoms with Crippen LogP contribution in [0.5, 0.6) is 0 Å². The van der Waals surface area contributed by atoms with Gasteiger partial charge < -0.3 is 15.0 Å². The molecule has 5 nitrogen and oxygen atoms in total. The molecule has 0 saturated carbocycles. The molecule has 1 fully saturated rings. The van der Waals surface area contributed by atoms with Crippen LogP contribution in [0.1, 0.15) is 29.8 Å². The molecule has 2 rings (SSSR count). The lowest BCUT2D eigenvalue weighted by Crippen LogP contribution is -2.40. The Morgan fingerprint density at radius 2 is 2.33 bits per heavy atom. The van der Waals surface area contributed by atoms with Crippen LogP contribution >= 0.6 is 0 Å². The van der Waals surface area contributed by atoms with Crippen molar-refractivity contribution in [3.05, 3.63) is 34.2 Å². The third-order valence-electron chi connectivity index (χ3n) is 3.34. The molecule has 98 valence electrons. The van der Waals surface area contributed by atoms with E-state index >= 15 is 0 Å². The van der Waals surface area contributed by atoms with Gasteiger partial charge in [-0.2, -0.15) is 0 Å². The predicted octanol–water partition coefficient (Wildman–Crippen LogP) is 0.609. The van der Waals surface area contributed by atoms with Gasteiger partial charge in [0, 0.05) is 25.8 Å². The number of carbonyl (C=O) groups excluding carboxylic acids is 1. The molecule has 1 aliphatic rings. The number of H-pyrrole nitrogens is 1. The summed E-state index contributed by atoms with van der Waals surface area (Å²) >= 11 is 0. The highest BCUT2D eigenvalue weighted by Crippen LogP contribution is 2.20. The van der Waals surface area contributed by atoms with Crippen molar-refractivity contribution in [3.63, 3.8) is 0 Å². The Labute approximate surface area is 105 Å². The molecule has 1 amide bonds. The summed E-state index contributed by atoms with van der Waals surface area (Å²) in [6, 6.07) is 4.60. The van der Waals surface area contributed by atoms with Crippen molar-refractivity contribution in [2.24, 2.45) is 5.92 Å². The first kappa shape index (κ1) is 12.8. The molecule has 1 aliphatic heterocycles. The molecule has 18 heavy (non-hydrogen) atoms. The van der Waals surface area contributed by atoms with Gasteiger partial charge in [0.2, 0.25) is 5.56 Å². The summed E-state index contributed by atoms with van der Waals surface area (Å²) in [5.41, 5.74) is 0.0805. The number of nitrogens with zero attached hydrogens (tertiary/aromatic N) is 1. The average molecular weight is 250 g/mol. The van der Waals surface area contributed by atoms with E-state index in [4.69, 9.17) is 5.11 Å². The summed E-state index contributed by atoms with van der Waals surface area (Å²) in [4.78, 5) is 27.7. The van der Waals surface area contributed by atoms with Crippen LogP contribution in [-0.4, -0.2) is 40.6 Å². The fraction of sp³-hybridized carbons (Fsp3) is 0.538. The second-order valence-electron chi connectivity index (χ2n) is 4.70. The number of aliphatic hydroxyl groups is 1. The van der Waals surface area contributed by atoms with Crippen molar-refractivity contribution >= 4 is 5.91 Å². The van der Waals surface area contributed by atoms with Crippen LogP contribution in [0.25, 0.3) is 0 Å². The first-order valence-corrected chi connectivity index (χ1v) is 6.30. The van der Waals surface area contributed by atoms with E-state index in [-0.39, 0.29) is 18.1 Å². The lowest BCUT2D eigenvalue weighted by molar-refractivity contribution is 0.0647. The topological polar surface area (TPSA) is 73.4 Å². The molecule has 1 aromatic rings. The van der Waals surface area contributed by atoms with Gasteiger partial charge >= 0.3 is 0 Å². The van der Waals surface area contributed by atoms with Crippen LogP contribution in [0.3, 0.4) is 0 Å². The van der Waals surface area contributed by atoms with Crippen molar-refractivity contribution in [1.82, 2.24) is 9.88 Å². The van der Waals surface area contributed by atoms with Gasteiger partial charge in [-0.25, -0.2) is 0 Å². The zero-order valence-corrected chi connectivity index (χ0v) is 10.3. The summed E-state index contributed by atoms with van der Waals surface area (Å²) in [6.07, 6.45) is 2.73. The maximum atomic E-state index is 12.2. The largest absolute Gasteiger partial charge is 0.396 e. The number of amides is 1. The number of nitrogens with one attached hydrogen (secondary N) is 1. The van der Waals surface area contributed by atoms with Crippen LogP contribution in [0.15, 0.2) is 23.0 Å². The third-order valence-corrected chi connectivity index (χ3v) is 3.34. The summed E-state index contributed by atoms with van der Waals surface area (Å²) < 4.78 is 0. The maximum Gasteiger partial charge on any atom is 0.270 e. The summed E-state index contributed by atoms with van der Waals surface area (Å²) in [5, 5.41) is 8.95. The van der Waals surface area contributed by atoms with Crippen LogP contribution in [0.4, 0.5) is 0 Å². The normalized spacial score (nSPS) is 19.8. The van der Waals surface area contributed by atoms with Gasteiger partial charge in [-0.3, -0.25) is 9.59 Å². The fourth-order valence-electron chi connectivity index (χ4n) is 2.41. The quantitative estimate of drug-likeness (QED) is 0.825. The monoisotopic (exact) mass is 250 g/mol. The predicted molar refractivity (Wildman–Crippen MR) is 67.4 cm³/mol. The van der Waals surface area contributed by atoms with Crippen LogP contribution in [0, 0.1) is 5.92 Å². The second kappa shape index (κ2) is 5.82. The van der Waals surface area contributed by atoms with E-state index in [0.717, 1.165) is 25.8 Å². The molecule has 0 spiro atoms. The highest BCUT2D eigenvalue weighted by atomic mass is 16.3. The van der Waals surface area contributed by atoms with Gasteiger partial charge in [-0.15, -0.1) is 0 Å². The molecular weight excluding hydrogens is 232 g/mol. The highest BCUT2D eigenvalue weighted by molar-refractivity contribution is 5.92. The number of pyridine rings is 1. The van der Waals surface area contributed by atoms with Crippen molar-refractivity contribution in [2.75, 3.05) is 19.7 Å². The minimum Gasteiger partial charge on any atom is -0.396 e. The molecule has 5 heteroatoms. The Morgan fingerprint density at radius 1 is 1.50 bits per heavy atom. The molecule has 0 bridgehead atoms. The van der Waals surface area contributed by atoms with Crippen molar-refractivity contribution in [1.29, 1.82) is 0 Å². The molecule has 1 aromatic heterocycles. The van der Waals surface area contributed by atoms with E-state index in [9.17, 15) is 9.59 Å². The Morgan fingerprint density at radius 3 is 3.06 bits per heavy atom. The Kier molecular flexibility index (Phi) is 4.15. The molecule has 0 radical (unpaired) electrons. The summed E-state index contributed by atoms with van der Waals surface area (Å²) in [7, 11) is 0. The minimum atomic E-state index is -0.259. The van der Waals surface area contributed by atoms with E-state index in [1.54, 1.807) is 17.0 Å². The number of aliphatic hydroxyl groups excluding tert-OH is 1. The van der Waals surface area contributed by atoms with Gasteiger partial charge in [-0.05, 0) is 31.2 Å². The van der Waals surface area contributed by atoms with E-state index < -0.39 is 0 Å². The molecule has 1 atom stereocenters.